The largest absolute Gasteiger partial charge is 0.376 e. The van der Waals surface area contributed by atoms with E-state index in [9.17, 15) is 4.79 Å². The Kier molecular flexibility index (Phi) is 4.03. The standard InChI is InChI=1S/C16H22N2O2/c1-13-10-17(8-9-20-13)12-16(19)18-7-6-14-4-2-3-5-15(14)11-18/h2-5,13H,6-12H2,1H3. The minimum absolute atomic E-state index is 0.235. The van der Waals surface area contributed by atoms with Gasteiger partial charge in [0.25, 0.3) is 0 Å². The van der Waals surface area contributed by atoms with Gasteiger partial charge in [0.2, 0.25) is 5.91 Å². The first-order valence-electron chi connectivity index (χ1n) is 7.41. The van der Waals surface area contributed by atoms with E-state index in [-0.39, 0.29) is 12.0 Å². The summed E-state index contributed by atoms with van der Waals surface area (Å²) in [6, 6.07) is 8.42. The molecule has 0 spiro atoms. The lowest BCUT2D eigenvalue weighted by Crippen LogP contribution is -2.48. The van der Waals surface area contributed by atoms with Crippen molar-refractivity contribution in [2.45, 2.75) is 26.0 Å². The average Bonchev–Trinajstić information content (AvgIpc) is 2.47. The minimum Gasteiger partial charge on any atom is -0.376 e. The van der Waals surface area contributed by atoms with Crippen LogP contribution in [0.3, 0.4) is 0 Å². The molecule has 0 aromatic heterocycles. The molecule has 2 aliphatic heterocycles. The molecule has 2 aliphatic rings. The quantitative estimate of drug-likeness (QED) is 0.815. The Labute approximate surface area is 120 Å². The van der Waals surface area contributed by atoms with Gasteiger partial charge in [-0.1, -0.05) is 24.3 Å². The SMILES string of the molecule is CC1CN(CC(=O)N2CCc3ccccc3C2)CCO1. The van der Waals surface area contributed by atoms with Crippen LogP contribution in [0.1, 0.15) is 18.1 Å². The first-order valence-corrected chi connectivity index (χ1v) is 7.41. The highest BCUT2D eigenvalue weighted by Crippen LogP contribution is 2.18. The predicted octanol–water partition coefficient (Wildman–Crippen LogP) is 1.29. The number of ether oxygens (including phenoxy) is 1. The van der Waals surface area contributed by atoms with E-state index in [2.05, 4.69) is 36.1 Å². The second kappa shape index (κ2) is 5.94. The number of amides is 1. The summed E-state index contributed by atoms with van der Waals surface area (Å²) in [6.07, 6.45) is 1.21. The van der Waals surface area contributed by atoms with Crippen LogP contribution >= 0.6 is 0 Å². The number of morpholine rings is 1. The fourth-order valence-electron chi connectivity index (χ4n) is 3.03. The molecule has 1 aromatic carbocycles. The average molecular weight is 274 g/mol. The third kappa shape index (κ3) is 3.02. The highest BCUT2D eigenvalue weighted by Gasteiger charge is 2.24. The van der Waals surface area contributed by atoms with Crippen molar-refractivity contribution in [3.63, 3.8) is 0 Å². The van der Waals surface area contributed by atoms with Gasteiger partial charge in [-0.3, -0.25) is 9.69 Å². The molecule has 1 aromatic rings. The molecule has 0 aliphatic carbocycles. The first kappa shape index (κ1) is 13.6. The second-order valence-electron chi connectivity index (χ2n) is 5.75. The molecule has 0 saturated carbocycles. The molecule has 4 heteroatoms. The van der Waals surface area contributed by atoms with E-state index in [1.54, 1.807) is 0 Å². The summed E-state index contributed by atoms with van der Waals surface area (Å²) in [5.41, 5.74) is 2.68. The van der Waals surface area contributed by atoms with Gasteiger partial charge in [-0.2, -0.15) is 0 Å². The summed E-state index contributed by atoms with van der Waals surface area (Å²) in [5.74, 6) is 0.244. The van der Waals surface area contributed by atoms with E-state index in [0.29, 0.717) is 6.54 Å². The van der Waals surface area contributed by atoms with E-state index in [0.717, 1.165) is 39.2 Å². The predicted molar refractivity (Wildman–Crippen MR) is 77.4 cm³/mol. The van der Waals surface area contributed by atoms with Crippen molar-refractivity contribution in [1.29, 1.82) is 0 Å². The van der Waals surface area contributed by atoms with Gasteiger partial charge in [-0.05, 0) is 24.5 Å². The van der Waals surface area contributed by atoms with E-state index >= 15 is 0 Å². The van der Waals surface area contributed by atoms with Crippen LogP contribution in [0.5, 0.6) is 0 Å². The van der Waals surface area contributed by atoms with Gasteiger partial charge in [-0.25, -0.2) is 0 Å². The van der Waals surface area contributed by atoms with Crippen molar-refractivity contribution in [2.75, 3.05) is 32.8 Å². The summed E-state index contributed by atoms with van der Waals surface area (Å²) in [6.45, 7) is 6.64. The lowest BCUT2D eigenvalue weighted by Gasteiger charge is -2.34. The number of fused-ring (bicyclic) bond motifs is 1. The zero-order chi connectivity index (χ0) is 13.9. The summed E-state index contributed by atoms with van der Waals surface area (Å²) in [4.78, 5) is 16.6. The van der Waals surface area contributed by atoms with Crippen LogP contribution in [0.2, 0.25) is 0 Å². The highest BCUT2D eigenvalue weighted by molar-refractivity contribution is 5.78. The van der Waals surface area contributed by atoms with Gasteiger partial charge in [0, 0.05) is 26.2 Å². The summed E-state index contributed by atoms with van der Waals surface area (Å²) < 4.78 is 5.52. The van der Waals surface area contributed by atoms with Crippen molar-refractivity contribution in [3.05, 3.63) is 35.4 Å². The number of hydrogen-bond acceptors (Lipinski definition) is 3. The molecule has 1 unspecified atom stereocenters. The molecule has 20 heavy (non-hydrogen) atoms. The van der Waals surface area contributed by atoms with Crippen molar-refractivity contribution in [1.82, 2.24) is 9.80 Å². The molecule has 1 atom stereocenters. The van der Waals surface area contributed by atoms with Crippen molar-refractivity contribution in [2.24, 2.45) is 0 Å². The van der Waals surface area contributed by atoms with Crippen molar-refractivity contribution in [3.8, 4) is 0 Å². The normalized spacial score (nSPS) is 23.4. The van der Waals surface area contributed by atoms with Crippen LogP contribution in [-0.2, 0) is 22.5 Å². The molecular formula is C16H22N2O2. The maximum atomic E-state index is 12.4. The monoisotopic (exact) mass is 274 g/mol. The zero-order valence-electron chi connectivity index (χ0n) is 12.0. The molecule has 0 bridgehead atoms. The number of carbonyl (C=O) groups is 1. The zero-order valence-corrected chi connectivity index (χ0v) is 12.0. The summed E-state index contributed by atoms with van der Waals surface area (Å²) in [7, 11) is 0. The fourth-order valence-corrected chi connectivity index (χ4v) is 3.03. The lowest BCUT2D eigenvalue weighted by molar-refractivity contribution is -0.135. The van der Waals surface area contributed by atoms with Gasteiger partial charge >= 0.3 is 0 Å². The van der Waals surface area contributed by atoms with Crippen LogP contribution in [-0.4, -0.2) is 54.6 Å². The van der Waals surface area contributed by atoms with E-state index in [1.807, 2.05) is 4.90 Å². The molecule has 4 nitrogen and oxygen atoms in total. The van der Waals surface area contributed by atoms with Gasteiger partial charge in [0.15, 0.2) is 0 Å². The first-order chi connectivity index (χ1) is 9.72. The molecule has 0 radical (unpaired) electrons. The van der Waals surface area contributed by atoms with Crippen LogP contribution in [0.15, 0.2) is 24.3 Å². The molecular weight excluding hydrogens is 252 g/mol. The smallest absolute Gasteiger partial charge is 0.237 e. The molecule has 3 rings (SSSR count). The lowest BCUT2D eigenvalue weighted by atomic mass is 10.00. The van der Waals surface area contributed by atoms with Crippen molar-refractivity contribution < 1.29 is 9.53 Å². The fraction of sp³-hybridized carbons (Fsp3) is 0.562. The number of rotatable bonds is 2. The van der Waals surface area contributed by atoms with Crippen LogP contribution in [0, 0.1) is 0 Å². The number of nitrogens with zero attached hydrogens (tertiary/aromatic N) is 2. The molecule has 2 heterocycles. The molecule has 108 valence electrons. The van der Waals surface area contributed by atoms with Crippen molar-refractivity contribution >= 4 is 5.91 Å². The van der Waals surface area contributed by atoms with E-state index < -0.39 is 0 Å². The third-order valence-corrected chi connectivity index (χ3v) is 4.17. The summed E-state index contributed by atoms with van der Waals surface area (Å²) >= 11 is 0. The number of carbonyl (C=O) groups excluding carboxylic acids is 1. The van der Waals surface area contributed by atoms with Gasteiger partial charge in [0.1, 0.15) is 0 Å². The Morgan fingerprint density at radius 1 is 1.30 bits per heavy atom. The minimum atomic E-state index is 0.235. The molecule has 1 amide bonds. The Hall–Kier alpha value is -1.39. The Morgan fingerprint density at radius 2 is 2.10 bits per heavy atom. The highest BCUT2D eigenvalue weighted by atomic mass is 16.5. The molecule has 1 fully saturated rings. The maximum absolute atomic E-state index is 12.4. The Morgan fingerprint density at radius 3 is 2.90 bits per heavy atom. The third-order valence-electron chi connectivity index (χ3n) is 4.17. The molecule has 1 saturated heterocycles. The van der Waals surface area contributed by atoms with Gasteiger partial charge in [0.05, 0.1) is 19.3 Å². The van der Waals surface area contributed by atoms with E-state index in [4.69, 9.17) is 4.74 Å². The van der Waals surface area contributed by atoms with Crippen LogP contribution in [0.4, 0.5) is 0 Å². The van der Waals surface area contributed by atoms with Gasteiger partial charge < -0.3 is 9.64 Å². The van der Waals surface area contributed by atoms with Crippen LogP contribution in [0.25, 0.3) is 0 Å². The number of benzene rings is 1. The molecule has 0 N–H and O–H groups in total. The van der Waals surface area contributed by atoms with E-state index in [1.165, 1.54) is 11.1 Å². The summed E-state index contributed by atoms with van der Waals surface area (Å²) in [5, 5.41) is 0. The Balaban J connectivity index is 1.59. The van der Waals surface area contributed by atoms with Gasteiger partial charge in [-0.15, -0.1) is 0 Å². The Bertz CT molecular complexity index is 489. The van der Waals surface area contributed by atoms with Crippen LogP contribution < -0.4 is 0 Å². The number of hydrogen-bond donors (Lipinski definition) is 0. The topological polar surface area (TPSA) is 32.8 Å². The maximum Gasteiger partial charge on any atom is 0.237 e. The second-order valence-corrected chi connectivity index (χ2v) is 5.75.